The highest BCUT2D eigenvalue weighted by atomic mass is 32.2. The van der Waals surface area contributed by atoms with E-state index < -0.39 is 9.84 Å². The van der Waals surface area contributed by atoms with Gasteiger partial charge < -0.3 is 25.3 Å². The number of likely N-dealkylation sites (N-methyl/N-ethyl adjacent to an activating group) is 1. The molecule has 0 saturated carbocycles. The van der Waals surface area contributed by atoms with E-state index in [1.807, 2.05) is 78.9 Å². The van der Waals surface area contributed by atoms with E-state index in [1.54, 1.807) is 30.1 Å². The molecule has 3 amide bonds. The average Bonchev–Trinajstić information content (AvgIpc) is 3.95. The molecule has 0 spiro atoms. The van der Waals surface area contributed by atoms with E-state index in [0.29, 0.717) is 64.2 Å². The predicted molar refractivity (Wildman–Crippen MR) is 244 cm³/mol. The fourth-order valence-corrected chi connectivity index (χ4v) is 9.70. The van der Waals surface area contributed by atoms with E-state index in [4.69, 9.17) is 4.74 Å². The Balaban J connectivity index is 0.989. The molecule has 63 heavy (non-hydrogen) atoms. The monoisotopic (exact) mass is 871 g/mol. The number of esters is 1. The van der Waals surface area contributed by atoms with Gasteiger partial charge in [0.05, 0.1) is 35.4 Å². The minimum atomic E-state index is -3.29. The molecule has 0 atom stereocenters. The molecule has 328 valence electrons. The summed E-state index contributed by atoms with van der Waals surface area (Å²) in [6.45, 7) is 5.70. The van der Waals surface area contributed by atoms with Gasteiger partial charge in [-0.2, -0.15) is 5.10 Å². The molecule has 0 bridgehead atoms. The van der Waals surface area contributed by atoms with Crippen LogP contribution >= 0.6 is 0 Å². The summed E-state index contributed by atoms with van der Waals surface area (Å²) in [6, 6.07) is 30.2. The maximum absolute atomic E-state index is 13.9. The van der Waals surface area contributed by atoms with Gasteiger partial charge in [0.25, 0.3) is 17.7 Å². The zero-order chi connectivity index (χ0) is 44.7. The van der Waals surface area contributed by atoms with Crippen molar-refractivity contribution in [3.05, 3.63) is 147 Å². The molecule has 15 heteroatoms. The summed E-state index contributed by atoms with van der Waals surface area (Å²) in [6.07, 6.45) is 4.36. The van der Waals surface area contributed by atoms with Crippen molar-refractivity contribution in [2.45, 2.75) is 70.0 Å². The molecule has 0 saturated heterocycles. The number of rotatable bonds is 18. The van der Waals surface area contributed by atoms with Crippen molar-refractivity contribution in [1.29, 1.82) is 0 Å². The first-order chi connectivity index (χ1) is 30.4. The molecule has 6 aromatic rings. The van der Waals surface area contributed by atoms with Crippen LogP contribution in [0.25, 0.3) is 10.9 Å². The number of benzene rings is 4. The largest absolute Gasteiger partial charge is 0.465 e. The van der Waals surface area contributed by atoms with Gasteiger partial charge in [-0.05, 0) is 91.3 Å². The highest BCUT2D eigenvalue weighted by Crippen LogP contribution is 2.29. The molecule has 2 aromatic heterocycles. The Morgan fingerprint density at radius 2 is 1.49 bits per heavy atom. The Labute approximate surface area is 367 Å². The van der Waals surface area contributed by atoms with Crippen LogP contribution in [0.15, 0.2) is 97.1 Å². The van der Waals surface area contributed by atoms with Crippen LogP contribution in [0.5, 0.6) is 0 Å². The van der Waals surface area contributed by atoms with E-state index in [2.05, 4.69) is 44.6 Å². The van der Waals surface area contributed by atoms with Gasteiger partial charge in [0.2, 0.25) is 0 Å². The van der Waals surface area contributed by atoms with Gasteiger partial charge >= 0.3 is 5.97 Å². The lowest BCUT2D eigenvalue weighted by atomic mass is 10.0. The van der Waals surface area contributed by atoms with Gasteiger partial charge in [0.15, 0.2) is 15.5 Å². The third-order valence-corrected chi connectivity index (χ3v) is 13.1. The number of methoxy groups -OCH3 is 1. The summed E-state index contributed by atoms with van der Waals surface area (Å²) in [4.78, 5) is 60.1. The summed E-state index contributed by atoms with van der Waals surface area (Å²) in [5.41, 5.74) is 6.84. The number of carbonyl (C=O) groups is 4. The number of carbonyl (C=O) groups excluding carboxylic acids is 4. The van der Waals surface area contributed by atoms with E-state index in [0.717, 1.165) is 48.8 Å². The van der Waals surface area contributed by atoms with Gasteiger partial charge in [-0.25, -0.2) is 13.2 Å². The Hall–Kier alpha value is -6.58. The van der Waals surface area contributed by atoms with Crippen LogP contribution in [0.1, 0.15) is 103 Å². The summed E-state index contributed by atoms with van der Waals surface area (Å²) in [5.74, 6) is -1.48. The van der Waals surface area contributed by atoms with E-state index in [-0.39, 0.29) is 52.8 Å². The SMILES string of the molecule is CCC(CC)N(CCN(C)C(=O)c1n[nH]c2c1CS(=O)(=O)C2)Cc1cccc(C(=O)Nc2[nH]c3ccccc3c2C(=O)Nc2ccc(CCCc3ccc(C(=O)OC)cc3)cc2)c1. The first kappa shape index (κ1) is 44.5. The minimum Gasteiger partial charge on any atom is -0.465 e. The van der Waals surface area contributed by atoms with Gasteiger partial charge in [0, 0.05) is 60.4 Å². The first-order valence-electron chi connectivity index (χ1n) is 21.2. The van der Waals surface area contributed by atoms with Gasteiger partial charge in [-0.3, -0.25) is 24.4 Å². The van der Waals surface area contributed by atoms with Crippen LogP contribution in [0.2, 0.25) is 0 Å². The quantitative estimate of drug-likeness (QED) is 0.0633. The molecule has 0 fully saturated rings. The topological polar surface area (TPSA) is 187 Å². The van der Waals surface area contributed by atoms with Gasteiger partial charge in [0.1, 0.15) is 5.82 Å². The maximum Gasteiger partial charge on any atom is 0.337 e. The highest BCUT2D eigenvalue weighted by Gasteiger charge is 2.33. The second-order valence-corrected chi connectivity index (χ2v) is 18.1. The average molecular weight is 872 g/mol. The fourth-order valence-electron chi connectivity index (χ4n) is 8.17. The molecule has 4 N–H and O–H groups in total. The second kappa shape index (κ2) is 19.6. The van der Waals surface area contributed by atoms with Crippen LogP contribution < -0.4 is 10.6 Å². The first-order valence-corrected chi connectivity index (χ1v) is 23.0. The molecule has 1 aliphatic rings. The van der Waals surface area contributed by atoms with Crippen LogP contribution in [-0.2, 0) is 45.5 Å². The molecular weight excluding hydrogens is 819 g/mol. The zero-order valence-electron chi connectivity index (χ0n) is 36.0. The summed E-state index contributed by atoms with van der Waals surface area (Å²) in [7, 11) is -0.232. The standard InChI is InChI=1S/C48H53N7O7S/c1-5-37(6-2)55(26-25-54(3)47(58)43-39-29-63(60,61)30-41(39)52-53-43)28-33-13-10-14-35(27-33)45(56)51-44-42(38-15-7-8-16-40(38)50-44)46(57)49-36-23-19-32(20-24-36)12-9-11-31-17-21-34(22-18-31)48(59)62-4/h7-8,10,13-24,27,37,50H,5-6,9,11-12,25-26,28-30H2,1-4H3,(H,49,57)(H,51,56)(H,52,53). The van der Waals surface area contributed by atoms with Crippen LogP contribution in [0.4, 0.5) is 11.5 Å². The molecule has 0 unspecified atom stereocenters. The fraction of sp³-hybridized carbons (Fsp3) is 0.312. The maximum atomic E-state index is 13.9. The number of anilines is 2. The number of nitrogens with zero attached hydrogens (tertiary/aromatic N) is 3. The number of aryl methyl sites for hydroxylation is 2. The zero-order valence-corrected chi connectivity index (χ0v) is 36.8. The molecule has 0 aliphatic carbocycles. The van der Waals surface area contributed by atoms with Crippen molar-refractivity contribution < 1.29 is 32.3 Å². The Morgan fingerprint density at radius 1 is 0.794 bits per heavy atom. The summed E-state index contributed by atoms with van der Waals surface area (Å²) in [5, 5.41) is 13.5. The van der Waals surface area contributed by atoms with Crippen molar-refractivity contribution in [1.82, 2.24) is 25.0 Å². The summed E-state index contributed by atoms with van der Waals surface area (Å²) >= 11 is 0. The highest BCUT2D eigenvalue weighted by molar-refractivity contribution is 7.90. The van der Waals surface area contributed by atoms with E-state index in [1.165, 1.54) is 7.11 Å². The number of amides is 3. The lowest BCUT2D eigenvalue weighted by Crippen LogP contribution is -2.41. The molecule has 0 radical (unpaired) electrons. The Morgan fingerprint density at radius 3 is 2.19 bits per heavy atom. The number of aromatic nitrogens is 3. The lowest BCUT2D eigenvalue weighted by Gasteiger charge is -2.32. The minimum absolute atomic E-state index is 0.137. The van der Waals surface area contributed by atoms with Crippen molar-refractivity contribution in [3.63, 3.8) is 0 Å². The predicted octanol–water partition coefficient (Wildman–Crippen LogP) is 7.55. The van der Waals surface area contributed by atoms with Crippen molar-refractivity contribution in [2.75, 3.05) is 37.9 Å². The van der Waals surface area contributed by atoms with Crippen LogP contribution in [0.3, 0.4) is 0 Å². The van der Waals surface area contributed by atoms with Gasteiger partial charge in [-0.15, -0.1) is 0 Å². The van der Waals surface area contributed by atoms with Crippen molar-refractivity contribution in [3.8, 4) is 0 Å². The van der Waals surface area contributed by atoms with Crippen molar-refractivity contribution >= 4 is 55.9 Å². The lowest BCUT2D eigenvalue weighted by molar-refractivity contribution is 0.0600. The van der Waals surface area contributed by atoms with Crippen LogP contribution in [0, 0.1) is 0 Å². The molecule has 14 nitrogen and oxygen atoms in total. The molecule has 7 rings (SSSR count). The van der Waals surface area contributed by atoms with Gasteiger partial charge in [-0.1, -0.05) is 68.4 Å². The number of H-pyrrole nitrogens is 2. The number of fused-ring (bicyclic) bond motifs is 2. The molecule has 1 aliphatic heterocycles. The number of hydrogen-bond acceptors (Lipinski definition) is 9. The molecular formula is C48H53N7O7S. The van der Waals surface area contributed by atoms with Crippen LogP contribution in [-0.4, -0.2) is 90.4 Å². The number of aromatic amines is 2. The molecule has 4 aromatic carbocycles. The molecule has 3 heterocycles. The second-order valence-electron chi connectivity index (χ2n) is 16.0. The number of nitrogens with one attached hydrogen (secondary N) is 4. The third kappa shape index (κ3) is 10.6. The van der Waals surface area contributed by atoms with E-state index >= 15 is 0 Å². The third-order valence-electron chi connectivity index (χ3n) is 11.7. The Bertz CT molecular complexity index is 2720. The number of hydrogen-bond donors (Lipinski definition) is 4. The number of sulfone groups is 1. The smallest absolute Gasteiger partial charge is 0.337 e. The number of ether oxygens (including phenoxy) is 1. The van der Waals surface area contributed by atoms with Crippen molar-refractivity contribution in [2.24, 2.45) is 0 Å². The summed E-state index contributed by atoms with van der Waals surface area (Å²) < 4.78 is 29.1. The Kier molecular flexibility index (Phi) is 13.9. The normalized spacial score (nSPS) is 13.0. The van der Waals surface area contributed by atoms with E-state index in [9.17, 15) is 27.6 Å². The number of para-hydroxylation sites is 1.